The summed E-state index contributed by atoms with van der Waals surface area (Å²) in [4.78, 5) is 3.90. The van der Waals surface area contributed by atoms with E-state index in [2.05, 4.69) is 9.72 Å². The molecular formula is C9H7F2NO2S. The van der Waals surface area contributed by atoms with Crippen LogP contribution in [0.4, 0.5) is 8.78 Å². The molecule has 15 heavy (non-hydrogen) atoms. The lowest BCUT2D eigenvalue weighted by Gasteiger charge is -1.96. The normalized spacial score (nSPS) is 10.9. The summed E-state index contributed by atoms with van der Waals surface area (Å²) in [5.41, 5.74) is 0.593. The van der Waals surface area contributed by atoms with Crippen molar-refractivity contribution in [2.24, 2.45) is 0 Å². The molecule has 2 aromatic rings. The molecule has 1 aromatic heterocycles. The monoisotopic (exact) mass is 231 g/mol. The van der Waals surface area contributed by atoms with Gasteiger partial charge in [-0.05, 0) is 12.1 Å². The van der Waals surface area contributed by atoms with Crippen LogP contribution in [0.1, 0.15) is 0 Å². The Hall–Kier alpha value is -1.43. The molecule has 0 fully saturated rings. The van der Waals surface area contributed by atoms with Crippen LogP contribution in [0.15, 0.2) is 18.2 Å². The van der Waals surface area contributed by atoms with Crippen LogP contribution in [-0.4, -0.2) is 18.7 Å². The summed E-state index contributed by atoms with van der Waals surface area (Å²) in [5.74, 6) is 0.636. The number of hydrogen-bond donors (Lipinski definition) is 0. The van der Waals surface area contributed by atoms with Gasteiger partial charge in [0, 0.05) is 6.07 Å². The molecule has 3 nitrogen and oxygen atoms in total. The summed E-state index contributed by atoms with van der Waals surface area (Å²) in [7, 11) is 1.53. The molecule has 0 saturated carbocycles. The van der Waals surface area contributed by atoms with Gasteiger partial charge in [-0.1, -0.05) is 11.3 Å². The minimum absolute atomic E-state index is 0.0340. The number of hydrogen-bond acceptors (Lipinski definition) is 4. The molecule has 0 N–H and O–H groups in total. The number of benzene rings is 1. The van der Waals surface area contributed by atoms with E-state index in [1.54, 1.807) is 18.2 Å². The van der Waals surface area contributed by atoms with Crippen molar-refractivity contribution in [3.63, 3.8) is 0 Å². The molecule has 0 spiro atoms. The molecule has 0 atom stereocenters. The number of rotatable bonds is 3. The van der Waals surface area contributed by atoms with Crippen molar-refractivity contribution in [1.29, 1.82) is 0 Å². The fraction of sp³-hybridized carbons (Fsp3) is 0.222. The summed E-state index contributed by atoms with van der Waals surface area (Å²) in [6.45, 7) is -2.84. The SMILES string of the molecule is COc1ccc2sc(OC(F)F)nc2c1. The van der Waals surface area contributed by atoms with E-state index in [0.717, 1.165) is 16.0 Å². The maximum Gasteiger partial charge on any atom is 0.389 e. The zero-order chi connectivity index (χ0) is 10.8. The van der Waals surface area contributed by atoms with Gasteiger partial charge in [-0.25, -0.2) is 4.98 Å². The first kappa shape index (κ1) is 10.1. The van der Waals surface area contributed by atoms with Gasteiger partial charge in [0.25, 0.3) is 5.19 Å². The number of ether oxygens (including phenoxy) is 2. The summed E-state index contributed by atoms with van der Waals surface area (Å²) in [6, 6.07) is 5.17. The van der Waals surface area contributed by atoms with Crippen LogP contribution in [-0.2, 0) is 0 Å². The average Bonchev–Trinajstić information content (AvgIpc) is 2.57. The molecule has 2 rings (SSSR count). The van der Waals surface area contributed by atoms with Crippen LogP contribution in [0.3, 0.4) is 0 Å². The Morgan fingerprint density at radius 3 is 2.87 bits per heavy atom. The molecule has 0 unspecified atom stereocenters. The molecule has 0 aliphatic heterocycles. The van der Waals surface area contributed by atoms with E-state index in [9.17, 15) is 8.78 Å². The van der Waals surface area contributed by atoms with Gasteiger partial charge >= 0.3 is 6.61 Å². The lowest BCUT2D eigenvalue weighted by molar-refractivity contribution is -0.0497. The fourth-order valence-corrected chi connectivity index (χ4v) is 1.94. The first-order valence-corrected chi connectivity index (χ1v) is 4.90. The molecule has 0 aliphatic carbocycles. The van der Waals surface area contributed by atoms with Crippen LogP contribution < -0.4 is 9.47 Å². The van der Waals surface area contributed by atoms with E-state index < -0.39 is 6.61 Å². The fourth-order valence-electron chi connectivity index (χ4n) is 1.14. The maximum atomic E-state index is 11.9. The molecular weight excluding hydrogens is 224 g/mol. The zero-order valence-electron chi connectivity index (χ0n) is 7.74. The Bertz CT molecular complexity index is 472. The maximum absolute atomic E-state index is 11.9. The Morgan fingerprint density at radius 1 is 1.40 bits per heavy atom. The smallest absolute Gasteiger partial charge is 0.389 e. The minimum Gasteiger partial charge on any atom is -0.497 e. The highest BCUT2D eigenvalue weighted by Crippen LogP contribution is 2.30. The van der Waals surface area contributed by atoms with Gasteiger partial charge in [-0.3, -0.25) is 0 Å². The van der Waals surface area contributed by atoms with E-state index in [0.29, 0.717) is 11.3 Å². The van der Waals surface area contributed by atoms with Crippen molar-refractivity contribution >= 4 is 21.6 Å². The second-order valence-electron chi connectivity index (χ2n) is 2.69. The van der Waals surface area contributed by atoms with Crippen LogP contribution in [0.25, 0.3) is 10.2 Å². The highest BCUT2D eigenvalue weighted by Gasteiger charge is 2.10. The van der Waals surface area contributed by atoms with Gasteiger partial charge in [0.15, 0.2) is 0 Å². The van der Waals surface area contributed by atoms with Gasteiger partial charge in [0.1, 0.15) is 5.75 Å². The second kappa shape index (κ2) is 3.98. The third-order valence-electron chi connectivity index (χ3n) is 1.77. The first-order chi connectivity index (χ1) is 7.19. The number of alkyl halides is 2. The lowest BCUT2D eigenvalue weighted by atomic mass is 10.3. The number of nitrogens with zero attached hydrogens (tertiary/aromatic N) is 1. The van der Waals surface area contributed by atoms with Crippen molar-refractivity contribution in [2.45, 2.75) is 6.61 Å². The van der Waals surface area contributed by atoms with E-state index in [1.165, 1.54) is 7.11 Å². The van der Waals surface area contributed by atoms with Crippen LogP contribution in [0.2, 0.25) is 0 Å². The molecule has 0 amide bonds. The number of halogens is 2. The van der Waals surface area contributed by atoms with Crippen LogP contribution in [0.5, 0.6) is 10.9 Å². The van der Waals surface area contributed by atoms with E-state index in [1.807, 2.05) is 0 Å². The Labute approximate surface area is 88.3 Å². The Morgan fingerprint density at radius 2 is 2.20 bits per heavy atom. The molecule has 1 heterocycles. The number of methoxy groups -OCH3 is 1. The van der Waals surface area contributed by atoms with Crippen molar-refractivity contribution < 1.29 is 18.3 Å². The van der Waals surface area contributed by atoms with Crippen molar-refractivity contribution in [2.75, 3.05) is 7.11 Å². The summed E-state index contributed by atoms with van der Waals surface area (Å²) >= 11 is 1.08. The standard InChI is InChI=1S/C9H7F2NO2S/c1-13-5-2-3-7-6(4-5)12-9(15-7)14-8(10)11/h2-4,8H,1H3. The third kappa shape index (κ3) is 2.15. The quantitative estimate of drug-likeness (QED) is 0.813. The van der Waals surface area contributed by atoms with Gasteiger partial charge in [0.05, 0.1) is 17.3 Å². The van der Waals surface area contributed by atoms with Gasteiger partial charge in [0.2, 0.25) is 0 Å². The molecule has 6 heteroatoms. The lowest BCUT2D eigenvalue weighted by Crippen LogP contribution is -2.00. The summed E-state index contributed by atoms with van der Waals surface area (Å²) in [6.07, 6.45) is 0. The molecule has 0 saturated heterocycles. The number of aromatic nitrogens is 1. The largest absolute Gasteiger partial charge is 0.497 e. The van der Waals surface area contributed by atoms with Crippen LogP contribution in [0, 0.1) is 0 Å². The number of thiazole rings is 1. The topological polar surface area (TPSA) is 31.4 Å². The Balaban J connectivity index is 2.37. The van der Waals surface area contributed by atoms with Crippen molar-refractivity contribution in [1.82, 2.24) is 4.98 Å². The summed E-state index contributed by atoms with van der Waals surface area (Å²) in [5, 5.41) is -0.0340. The van der Waals surface area contributed by atoms with Gasteiger partial charge < -0.3 is 9.47 Å². The third-order valence-corrected chi connectivity index (χ3v) is 2.69. The molecule has 0 aliphatic rings. The van der Waals surface area contributed by atoms with Crippen molar-refractivity contribution in [3.05, 3.63) is 18.2 Å². The molecule has 1 aromatic carbocycles. The zero-order valence-corrected chi connectivity index (χ0v) is 8.55. The first-order valence-electron chi connectivity index (χ1n) is 4.08. The minimum atomic E-state index is -2.84. The Kier molecular flexibility index (Phi) is 2.68. The molecule has 0 bridgehead atoms. The van der Waals surface area contributed by atoms with E-state index in [4.69, 9.17) is 4.74 Å². The highest BCUT2D eigenvalue weighted by atomic mass is 32.1. The number of fused-ring (bicyclic) bond motifs is 1. The summed E-state index contributed by atoms with van der Waals surface area (Å²) < 4.78 is 33.8. The highest BCUT2D eigenvalue weighted by molar-refractivity contribution is 7.20. The average molecular weight is 231 g/mol. The van der Waals surface area contributed by atoms with Crippen molar-refractivity contribution in [3.8, 4) is 10.9 Å². The van der Waals surface area contributed by atoms with E-state index in [-0.39, 0.29) is 5.19 Å². The predicted molar refractivity (Wildman–Crippen MR) is 52.8 cm³/mol. The predicted octanol–water partition coefficient (Wildman–Crippen LogP) is 2.91. The molecule has 80 valence electrons. The van der Waals surface area contributed by atoms with Crippen LogP contribution >= 0.6 is 11.3 Å². The molecule has 0 radical (unpaired) electrons. The second-order valence-corrected chi connectivity index (χ2v) is 3.69. The van der Waals surface area contributed by atoms with Gasteiger partial charge in [-0.2, -0.15) is 8.78 Å². The van der Waals surface area contributed by atoms with Gasteiger partial charge in [-0.15, -0.1) is 0 Å². The van der Waals surface area contributed by atoms with E-state index >= 15 is 0 Å².